The second-order valence-corrected chi connectivity index (χ2v) is 6.19. The van der Waals surface area contributed by atoms with Gasteiger partial charge in [0, 0.05) is 17.4 Å². The highest BCUT2D eigenvalue weighted by atomic mass is 32.2. The van der Waals surface area contributed by atoms with Crippen molar-refractivity contribution in [2.24, 2.45) is 0 Å². The molecule has 1 heterocycles. The van der Waals surface area contributed by atoms with Crippen molar-refractivity contribution in [3.05, 3.63) is 11.9 Å². The van der Waals surface area contributed by atoms with Gasteiger partial charge in [0.05, 0.1) is 0 Å². The maximum atomic E-state index is 12.6. The Labute approximate surface area is 119 Å². The minimum Gasteiger partial charge on any atom is -0.384 e. The number of nitrogen functional groups attached to an aromatic ring is 1. The summed E-state index contributed by atoms with van der Waals surface area (Å²) in [4.78, 5) is 6.76. The Morgan fingerprint density at radius 2 is 2.15 bits per heavy atom. The highest BCUT2D eigenvalue weighted by Gasteiger charge is 2.36. The van der Waals surface area contributed by atoms with Crippen LogP contribution >= 0.6 is 11.8 Å². The van der Waals surface area contributed by atoms with Gasteiger partial charge in [-0.2, -0.15) is 24.9 Å². The Kier molecular flexibility index (Phi) is 4.62. The molecule has 3 N–H and O–H groups in total. The van der Waals surface area contributed by atoms with Crippen LogP contribution in [-0.4, -0.2) is 27.0 Å². The molecule has 0 bridgehead atoms. The monoisotopic (exact) mass is 306 g/mol. The number of rotatable bonds is 4. The van der Waals surface area contributed by atoms with Gasteiger partial charge in [-0.1, -0.05) is 13.3 Å². The third-order valence-corrected chi connectivity index (χ3v) is 4.49. The first kappa shape index (κ1) is 15.2. The maximum absolute atomic E-state index is 12.6. The number of hydrogen-bond donors (Lipinski definition) is 2. The van der Waals surface area contributed by atoms with Crippen molar-refractivity contribution in [2.45, 2.75) is 43.7 Å². The zero-order valence-electron chi connectivity index (χ0n) is 11.1. The summed E-state index contributed by atoms with van der Waals surface area (Å²) < 4.78 is 37.9. The molecule has 0 spiro atoms. The van der Waals surface area contributed by atoms with E-state index in [9.17, 15) is 13.2 Å². The van der Waals surface area contributed by atoms with E-state index in [0.717, 1.165) is 25.0 Å². The van der Waals surface area contributed by atoms with Crippen molar-refractivity contribution in [3.8, 4) is 0 Å². The summed E-state index contributed by atoms with van der Waals surface area (Å²) >= 11 is 1.82. The molecule has 112 valence electrons. The van der Waals surface area contributed by atoms with Gasteiger partial charge in [-0.05, 0) is 18.6 Å². The first-order valence-corrected chi connectivity index (χ1v) is 7.55. The van der Waals surface area contributed by atoms with Crippen molar-refractivity contribution in [2.75, 3.05) is 16.8 Å². The van der Waals surface area contributed by atoms with E-state index >= 15 is 0 Å². The first-order chi connectivity index (χ1) is 9.40. The molecule has 0 amide bonds. The highest BCUT2D eigenvalue weighted by Crippen LogP contribution is 2.33. The summed E-state index contributed by atoms with van der Waals surface area (Å²) in [5, 5.41) is 3.49. The molecule has 1 aliphatic carbocycles. The van der Waals surface area contributed by atoms with E-state index in [-0.39, 0.29) is 17.7 Å². The molecule has 2 rings (SSSR count). The molecular weight excluding hydrogens is 289 g/mol. The van der Waals surface area contributed by atoms with Crippen LogP contribution in [0.2, 0.25) is 0 Å². The lowest BCUT2D eigenvalue weighted by Gasteiger charge is -2.21. The van der Waals surface area contributed by atoms with E-state index in [1.165, 1.54) is 6.07 Å². The Balaban J connectivity index is 2.15. The Hall–Kier alpha value is -1.18. The van der Waals surface area contributed by atoms with Crippen LogP contribution < -0.4 is 11.1 Å². The van der Waals surface area contributed by atoms with Crippen molar-refractivity contribution in [3.63, 3.8) is 0 Å². The number of anilines is 2. The van der Waals surface area contributed by atoms with Crippen LogP contribution in [0.3, 0.4) is 0 Å². The Morgan fingerprint density at radius 3 is 2.80 bits per heavy atom. The summed E-state index contributed by atoms with van der Waals surface area (Å²) in [5.41, 5.74) is 5.43. The molecule has 1 fully saturated rings. The van der Waals surface area contributed by atoms with Crippen molar-refractivity contribution < 1.29 is 13.2 Å². The van der Waals surface area contributed by atoms with Crippen molar-refractivity contribution >= 4 is 23.4 Å². The lowest BCUT2D eigenvalue weighted by molar-refractivity contribution is -0.144. The maximum Gasteiger partial charge on any atom is 0.451 e. The number of thioether (sulfide) groups is 1. The van der Waals surface area contributed by atoms with Gasteiger partial charge in [0.25, 0.3) is 0 Å². The fourth-order valence-corrected chi connectivity index (χ4v) is 3.56. The molecule has 1 aromatic rings. The van der Waals surface area contributed by atoms with Crippen LogP contribution in [0.1, 0.15) is 32.0 Å². The zero-order valence-corrected chi connectivity index (χ0v) is 11.9. The molecule has 1 saturated carbocycles. The van der Waals surface area contributed by atoms with E-state index in [1.807, 2.05) is 11.8 Å². The number of nitrogens with one attached hydrogen (secondary N) is 1. The topological polar surface area (TPSA) is 63.8 Å². The second kappa shape index (κ2) is 6.07. The predicted molar refractivity (Wildman–Crippen MR) is 74.6 cm³/mol. The van der Waals surface area contributed by atoms with Gasteiger partial charge in [-0.3, -0.25) is 0 Å². The number of halogens is 3. The van der Waals surface area contributed by atoms with Gasteiger partial charge in [-0.25, -0.2) is 9.97 Å². The summed E-state index contributed by atoms with van der Waals surface area (Å²) in [5.74, 6) is -0.230. The predicted octanol–water partition coefficient (Wildman–Crippen LogP) is 3.16. The van der Waals surface area contributed by atoms with Crippen LogP contribution in [0.25, 0.3) is 0 Å². The molecule has 1 aromatic heterocycles. The lowest BCUT2D eigenvalue weighted by atomic mass is 10.2. The van der Waals surface area contributed by atoms with E-state index < -0.39 is 12.0 Å². The highest BCUT2D eigenvalue weighted by molar-refractivity contribution is 7.99. The lowest BCUT2D eigenvalue weighted by Crippen LogP contribution is -2.27. The molecule has 0 aromatic carbocycles. The van der Waals surface area contributed by atoms with Crippen LogP contribution in [-0.2, 0) is 6.18 Å². The third-order valence-electron chi connectivity index (χ3n) is 3.17. The van der Waals surface area contributed by atoms with Crippen LogP contribution in [0, 0.1) is 0 Å². The van der Waals surface area contributed by atoms with Crippen LogP contribution in [0.15, 0.2) is 6.07 Å². The van der Waals surface area contributed by atoms with Gasteiger partial charge < -0.3 is 11.1 Å². The normalized spacial score (nSPS) is 23.0. The summed E-state index contributed by atoms with van der Waals surface area (Å²) in [6.07, 6.45) is -1.51. The fraction of sp³-hybridized carbons (Fsp3) is 0.667. The zero-order chi connectivity index (χ0) is 14.8. The van der Waals surface area contributed by atoms with Crippen LogP contribution in [0.4, 0.5) is 24.8 Å². The molecule has 0 saturated heterocycles. The molecule has 0 aliphatic heterocycles. The first-order valence-electron chi connectivity index (χ1n) is 6.50. The third kappa shape index (κ3) is 3.68. The number of nitrogens with two attached hydrogens (primary N) is 1. The van der Waals surface area contributed by atoms with E-state index in [4.69, 9.17) is 5.73 Å². The summed E-state index contributed by atoms with van der Waals surface area (Å²) in [7, 11) is 0. The Morgan fingerprint density at radius 1 is 1.40 bits per heavy atom. The molecular formula is C12H17F3N4S. The molecule has 8 heteroatoms. The average molecular weight is 306 g/mol. The van der Waals surface area contributed by atoms with Crippen molar-refractivity contribution in [1.29, 1.82) is 0 Å². The van der Waals surface area contributed by atoms with Gasteiger partial charge >= 0.3 is 6.18 Å². The molecule has 4 nitrogen and oxygen atoms in total. The number of aromatic nitrogens is 2. The SMILES string of the molecule is CCSC1CCCC1Nc1cc(N)nc(C(F)(F)F)n1. The van der Waals surface area contributed by atoms with E-state index in [0.29, 0.717) is 5.25 Å². The van der Waals surface area contributed by atoms with Gasteiger partial charge in [0.2, 0.25) is 5.82 Å². The van der Waals surface area contributed by atoms with E-state index in [2.05, 4.69) is 22.2 Å². The van der Waals surface area contributed by atoms with Crippen molar-refractivity contribution in [1.82, 2.24) is 9.97 Å². The number of hydrogen-bond acceptors (Lipinski definition) is 5. The molecule has 1 aliphatic rings. The largest absolute Gasteiger partial charge is 0.451 e. The Bertz CT molecular complexity index is 467. The fourth-order valence-electron chi connectivity index (χ4n) is 2.36. The quantitative estimate of drug-likeness (QED) is 0.894. The van der Waals surface area contributed by atoms with Gasteiger partial charge in [0.1, 0.15) is 11.6 Å². The molecule has 2 atom stereocenters. The van der Waals surface area contributed by atoms with Gasteiger partial charge in [0.15, 0.2) is 0 Å². The van der Waals surface area contributed by atoms with E-state index in [1.54, 1.807) is 0 Å². The summed E-state index contributed by atoms with van der Waals surface area (Å²) in [6, 6.07) is 1.48. The minimum atomic E-state index is -4.58. The molecule has 0 radical (unpaired) electrons. The number of nitrogens with zero attached hydrogens (tertiary/aromatic N) is 2. The summed E-state index contributed by atoms with van der Waals surface area (Å²) in [6.45, 7) is 2.07. The molecule has 2 unspecified atom stereocenters. The standard InChI is InChI=1S/C12H17F3N4S/c1-2-20-8-5-3-4-7(8)17-10-6-9(16)18-11(19-10)12(13,14)15/h6-8H,2-5H2,1H3,(H3,16,17,18,19). The number of alkyl halides is 3. The van der Waals surface area contributed by atoms with Crippen LogP contribution in [0.5, 0.6) is 0 Å². The smallest absolute Gasteiger partial charge is 0.384 e. The molecule has 20 heavy (non-hydrogen) atoms. The minimum absolute atomic E-state index is 0.135. The second-order valence-electron chi connectivity index (χ2n) is 4.67. The average Bonchev–Trinajstić information content (AvgIpc) is 2.75. The van der Waals surface area contributed by atoms with Gasteiger partial charge in [-0.15, -0.1) is 0 Å².